The Morgan fingerprint density at radius 3 is 2.81 bits per heavy atom. The number of benzene rings is 1. The molecule has 0 aliphatic carbocycles. The van der Waals surface area contributed by atoms with E-state index in [-0.39, 0.29) is 5.91 Å². The standard InChI is InChI=1S/C14H12Cl2N2O2S/c15-10-2-1-8(5-11(10)16)12-6-13(21-17-12)14(20)18-4-3-9(19)7-18/h1-2,5-6,9,19H,3-4,7H2/t9-/m1/s1. The first kappa shape index (κ1) is 14.8. The first-order chi connectivity index (χ1) is 10.0. The molecule has 1 saturated heterocycles. The Labute approximate surface area is 136 Å². The van der Waals surface area contributed by atoms with Gasteiger partial charge >= 0.3 is 0 Å². The van der Waals surface area contributed by atoms with Gasteiger partial charge in [0, 0.05) is 18.7 Å². The van der Waals surface area contributed by atoms with E-state index in [1.807, 2.05) is 6.07 Å². The van der Waals surface area contributed by atoms with Crippen LogP contribution in [0.4, 0.5) is 0 Å². The van der Waals surface area contributed by atoms with Crippen molar-refractivity contribution in [1.29, 1.82) is 0 Å². The van der Waals surface area contributed by atoms with Gasteiger partial charge in [0.25, 0.3) is 5.91 Å². The highest BCUT2D eigenvalue weighted by molar-refractivity contribution is 7.08. The van der Waals surface area contributed by atoms with Crippen LogP contribution >= 0.6 is 34.7 Å². The first-order valence-corrected chi connectivity index (χ1v) is 7.97. The number of carbonyl (C=O) groups is 1. The average Bonchev–Trinajstić information content (AvgIpc) is 3.10. The zero-order chi connectivity index (χ0) is 15.0. The number of hydrogen-bond acceptors (Lipinski definition) is 4. The van der Waals surface area contributed by atoms with Crippen LogP contribution in [0.2, 0.25) is 10.0 Å². The minimum Gasteiger partial charge on any atom is -0.391 e. The Kier molecular flexibility index (Phi) is 4.17. The molecule has 110 valence electrons. The fraction of sp³-hybridized carbons (Fsp3) is 0.286. The van der Waals surface area contributed by atoms with Gasteiger partial charge in [0.15, 0.2) is 0 Å². The van der Waals surface area contributed by atoms with Crippen molar-refractivity contribution in [2.75, 3.05) is 13.1 Å². The quantitative estimate of drug-likeness (QED) is 0.910. The summed E-state index contributed by atoms with van der Waals surface area (Å²) in [4.78, 5) is 14.5. The van der Waals surface area contributed by atoms with Gasteiger partial charge in [-0.25, -0.2) is 0 Å². The number of aromatic nitrogens is 1. The van der Waals surface area contributed by atoms with E-state index in [0.717, 1.165) is 17.1 Å². The van der Waals surface area contributed by atoms with Gasteiger partial charge in [0.2, 0.25) is 0 Å². The fourth-order valence-electron chi connectivity index (χ4n) is 2.25. The molecular formula is C14H12Cl2N2O2S. The molecule has 2 aromatic rings. The third-order valence-electron chi connectivity index (χ3n) is 3.39. The van der Waals surface area contributed by atoms with E-state index >= 15 is 0 Å². The molecule has 0 saturated carbocycles. The number of nitrogens with zero attached hydrogens (tertiary/aromatic N) is 2. The number of aliphatic hydroxyl groups is 1. The van der Waals surface area contributed by atoms with Crippen molar-refractivity contribution in [1.82, 2.24) is 9.27 Å². The van der Waals surface area contributed by atoms with Crippen molar-refractivity contribution < 1.29 is 9.90 Å². The summed E-state index contributed by atoms with van der Waals surface area (Å²) in [5.41, 5.74) is 1.52. The van der Waals surface area contributed by atoms with Crippen molar-refractivity contribution >= 4 is 40.6 Å². The number of likely N-dealkylation sites (tertiary alicyclic amines) is 1. The maximum Gasteiger partial charge on any atom is 0.265 e. The highest BCUT2D eigenvalue weighted by Crippen LogP contribution is 2.29. The molecule has 4 nitrogen and oxygen atoms in total. The first-order valence-electron chi connectivity index (χ1n) is 6.44. The van der Waals surface area contributed by atoms with Gasteiger partial charge in [0.1, 0.15) is 4.88 Å². The zero-order valence-corrected chi connectivity index (χ0v) is 13.3. The van der Waals surface area contributed by atoms with E-state index in [9.17, 15) is 9.90 Å². The van der Waals surface area contributed by atoms with E-state index in [4.69, 9.17) is 23.2 Å². The summed E-state index contributed by atoms with van der Waals surface area (Å²) < 4.78 is 4.30. The predicted octanol–water partition coefficient (Wildman–Crippen LogP) is 3.32. The van der Waals surface area contributed by atoms with E-state index in [1.54, 1.807) is 23.1 Å². The molecule has 1 amide bonds. The Morgan fingerprint density at radius 1 is 1.33 bits per heavy atom. The average molecular weight is 343 g/mol. The van der Waals surface area contributed by atoms with Crippen LogP contribution < -0.4 is 0 Å². The topological polar surface area (TPSA) is 53.4 Å². The SMILES string of the molecule is O=C(c1cc(-c2ccc(Cl)c(Cl)c2)ns1)N1CC[C@@H](O)C1. The molecule has 0 spiro atoms. The highest BCUT2D eigenvalue weighted by Gasteiger charge is 2.26. The van der Waals surface area contributed by atoms with Crippen LogP contribution in [0.15, 0.2) is 24.3 Å². The number of hydrogen-bond donors (Lipinski definition) is 1. The molecule has 0 unspecified atom stereocenters. The van der Waals surface area contributed by atoms with Gasteiger partial charge in [0.05, 0.1) is 21.8 Å². The Morgan fingerprint density at radius 2 is 2.14 bits per heavy atom. The van der Waals surface area contributed by atoms with Gasteiger partial charge in [-0.2, -0.15) is 4.37 Å². The van der Waals surface area contributed by atoms with Crippen LogP contribution in [0, 0.1) is 0 Å². The molecule has 0 bridgehead atoms. The lowest BCUT2D eigenvalue weighted by molar-refractivity contribution is 0.0769. The molecule has 1 N–H and O–H groups in total. The van der Waals surface area contributed by atoms with Gasteiger partial charge in [-0.1, -0.05) is 29.3 Å². The molecule has 2 heterocycles. The van der Waals surface area contributed by atoms with Gasteiger partial charge in [-0.3, -0.25) is 4.79 Å². The predicted molar refractivity (Wildman–Crippen MR) is 84.1 cm³/mol. The molecule has 0 radical (unpaired) electrons. The van der Waals surface area contributed by atoms with E-state index < -0.39 is 6.10 Å². The maximum atomic E-state index is 12.3. The van der Waals surface area contributed by atoms with Crippen molar-refractivity contribution in [3.05, 3.63) is 39.2 Å². The molecular weight excluding hydrogens is 331 g/mol. The molecule has 1 aromatic carbocycles. The largest absolute Gasteiger partial charge is 0.391 e. The highest BCUT2D eigenvalue weighted by atomic mass is 35.5. The third kappa shape index (κ3) is 3.06. The van der Waals surface area contributed by atoms with Gasteiger partial charge in [-0.15, -0.1) is 0 Å². The zero-order valence-electron chi connectivity index (χ0n) is 10.9. The van der Waals surface area contributed by atoms with Crippen LogP contribution in [-0.4, -0.2) is 39.5 Å². The van der Waals surface area contributed by atoms with Crippen molar-refractivity contribution in [2.45, 2.75) is 12.5 Å². The molecule has 21 heavy (non-hydrogen) atoms. The summed E-state index contributed by atoms with van der Waals surface area (Å²) in [5.74, 6) is -0.0876. The second-order valence-electron chi connectivity index (χ2n) is 4.90. The molecule has 7 heteroatoms. The minimum atomic E-state index is -0.420. The van der Waals surface area contributed by atoms with Crippen molar-refractivity contribution in [3.63, 3.8) is 0 Å². The van der Waals surface area contributed by atoms with Crippen LogP contribution in [0.5, 0.6) is 0 Å². The fourth-order valence-corrected chi connectivity index (χ4v) is 3.27. The lowest BCUT2D eigenvalue weighted by Crippen LogP contribution is -2.28. The Bertz CT molecular complexity index is 689. The number of carbonyl (C=O) groups excluding carboxylic acids is 1. The number of β-amino-alcohol motifs (C(OH)–C–C–N with tert-alkyl or cyclic N) is 1. The van der Waals surface area contributed by atoms with Gasteiger partial charge < -0.3 is 10.0 Å². The molecule has 1 fully saturated rings. The molecule has 1 aromatic heterocycles. The monoisotopic (exact) mass is 342 g/mol. The van der Waals surface area contributed by atoms with Crippen LogP contribution in [0.1, 0.15) is 16.1 Å². The van der Waals surface area contributed by atoms with E-state index in [1.165, 1.54) is 0 Å². The molecule has 1 aliphatic heterocycles. The second-order valence-corrected chi connectivity index (χ2v) is 6.52. The summed E-state index contributed by atoms with van der Waals surface area (Å²) >= 11 is 13.0. The Hall–Kier alpha value is -1.14. The van der Waals surface area contributed by atoms with Crippen molar-refractivity contribution in [3.8, 4) is 11.3 Å². The van der Waals surface area contributed by atoms with E-state index in [0.29, 0.717) is 40.1 Å². The summed E-state index contributed by atoms with van der Waals surface area (Å²) in [6, 6.07) is 7.00. The lowest BCUT2D eigenvalue weighted by atomic mass is 10.1. The molecule has 1 aliphatic rings. The number of halogens is 2. The smallest absolute Gasteiger partial charge is 0.265 e. The third-order valence-corrected chi connectivity index (χ3v) is 4.90. The minimum absolute atomic E-state index is 0.0876. The lowest BCUT2D eigenvalue weighted by Gasteiger charge is -2.13. The second kappa shape index (κ2) is 5.93. The number of rotatable bonds is 2. The maximum absolute atomic E-state index is 12.3. The van der Waals surface area contributed by atoms with Crippen molar-refractivity contribution in [2.24, 2.45) is 0 Å². The Balaban J connectivity index is 1.82. The normalized spacial score (nSPS) is 18.2. The molecule has 3 rings (SSSR count). The van der Waals surface area contributed by atoms with Gasteiger partial charge in [-0.05, 0) is 36.2 Å². The number of aliphatic hydroxyl groups excluding tert-OH is 1. The summed E-state index contributed by atoms with van der Waals surface area (Å²) in [7, 11) is 0. The number of amides is 1. The summed E-state index contributed by atoms with van der Waals surface area (Å²) in [6.07, 6.45) is 0.209. The van der Waals surface area contributed by atoms with E-state index in [2.05, 4.69) is 4.37 Å². The van der Waals surface area contributed by atoms with Crippen LogP contribution in [-0.2, 0) is 0 Å². The summed E-state index contributed by atoms with van der Waals surface area (Å²) in [5, 5.41) is 10.4. The van der Waals surface area contributed by atoms with Crippen LogP contribution in [0.25, 0.3) is 11.3 Å². The summed E-state index contributed by atoms with van der Waals surface area (Å²) in [6.45, 7) is 0.971. The molecule has 1 atom stereocenters. The van der Waals surface area contributed by atoms with Crippen LogP contribution in [0.3, 0.4) is 0 Å².